The monoisotopic (exact) mass is 405 g/mol. The van der Waals surface area contributed by atoms with Crippen LogP contribution in [0, 0.1) is 17.7 Å². The molecule has 7 nitrogen and oxygen atoms in total. The number of aryl methyl sites for hydroxylation is 1. The van der Waals surface area contributed by atoms with Crippen LogP contribution in [0.5, 0.6) is 0 Å². The molecule has 1 amide bonds. The molecule has 0 radical (unpaired) electrons. The molecule has 3 fully saturated rings. The number of hydrogen-bond acceptors (Lipinski definition) is 6. The highest BCUT2D eigenvalue weighted by Gasteiger charge is 2.31. The minimum Gasteiger partial charge on any atom is -0.365 e. The lowest BCUT2D eigenvalue weighted by molar-refractivity contribution is -0.149. The van der Waals surface area contributed by atoms with Crippen molar-refractivity contribution >= 4 is 11.7 Å². The van der Waals surface area contributed by atoms with Gasteiger partial charge in [-0.05, 0) is 57.0 Å². The lowest BCUT2D eigenvalue weighted by Crippen LogP contribution is -2.51. The number of hydrogen-bond donors (Lipinski definition) is 1. The molecule has 8 heteroatoms. The molecule has 1 aromatic rings. The highest BCUT2D eigenvalue weighted by Crippen LogP contribution is 2.31. The van der Waals surface area contributed by atoms with Gasteiger partial charge in [-0.15, -0.1) is 0 Å². The molecular formula is C21H32FN5O2. The van der Waals surface area contributed by atoms with E-state index in [2.05, 4.69) is 20.2 Å². The fraction of sp³-hybridized carbons (Fsp3) is 0.762. The van der Waals surface area contributed by atoms with Gasteiger partial charge in [-0.25, -0.2) is 14.4 Å². The Balaban J connectivity index is 1.24. The highest BCUT2D eigenvalue weighted by atomic mass is 19.1. The summed E-state index contributed by atoms with van der Waals surface area (Å²) in [5.41, 5.74) is 0.400. The van der Waals surface area contributed by atoms with Gasteiger partial charge in [0.05, 0.1) is 11.8 Å². The summed E-state index contributed by atoms with van der Waals surface area (Å²) >= 11 is 0. The maximum absolute atomic E-state index is 14.3. The van der Waals surface area contributed by atoms with Crippen LogP contribution in [-0.4, -0.2) is 77.7 Å². The molecule has 3 aliphatic rings. The second-order valence-corrected chi connectivity index (χ2v) is 8.64. The number of morpholine rings is 1. The van der Waals surface area contributed by atoms with Gasteiger partial charge in [0.15, 0.2) is 11.6 Å². The van der Waals surface area contributed by atoms with Gasteiger partial charge >= 0.3 is 0 Å². The number of carbonyl (C=O) groups is 1. The second-order valence-electron chi connectivity index (χ2n) is 8.64. The van der Waals surface area contributed by atoms with Crippen LogP contribution in [0.1, 0.15) is 38.3 Å². The second kappa shape index (κ2) is 9.34. The Bertz CT molecular complexity index is 706. The van der Waals surface area contributed by atoms with Gasteiger partial charge in [-0.2, -0.15) is 0 Å². The van der Waals surface area contributed by atoms with Crippen molar-refractivity contribution in [1.82, 2.24) is 19.8 Å². The van der Waals surface area contributed by atoms with Crippen molar-refractivity contribution in [2.24, 2.45) is 11.8 Å². The number of nitrogens with zero attached hydrogens (tertiary/aromatic N) is 4. The van der Waals surface area contributed by atoms with Crippen LogP contribution < -0.4 is 5.32 Å². The van der Waals surface area contributed by atoms with E-state index in [1.165, 1.54) is 25.7 Å². The predicted octanol–water partition coefficient (Wildman–Crippen LogP) is 1.94. The molecule has 1 aromatic heterocycles. The van der Waals surface area contributed by atoms with Gasteiger partial charge in [-0.3, -0.25) is 4.79 Å². The maximum Gasteiger partial charge on any atom is 0.248 e. The number of carbonyl (C=O) groups excluding carboxylic acids is 1. The summed E-state index contributed by atoms with van der Waals surface area (Å²) in [5, 5.41) is 3.03. The zero-order valence-electron chi connectivity index (χ0n) is 17.3. The molecule has 1 N–H and O–H groups in total. The summed E-state index contributed by atoms with van der Waals surface area (Å²) in [6.45, 7) is 7.28. The van der Waals surface area contributed by atoms with E-state index < -0.39 is 5.82 Å². The van der Waals surface area contributed by atoms with Crippen molar-refractivity contribution in [3.8, 4) is 0 Å². The first-order chi connectivity index (χ1) is 14.1. The fourth-order valence-electron chi connectivity index (χ4n) is 4.30. The quantitative estimate of drug-likeness (QED) is 0.713. The zero-order valence-corrected chi connectivity index (χ0v) is 17.3. The van der Waals surface area contributed by atoms with Crippen molar-refractivity contribution in [3.05, 3.63) is 17.8 Å². The Morgan fingerprint density at radius 2 is 1.93 bits per heavy atom. The van der Waals surface area contributed by atoms with E-state index in [0.717, 1.165) is 38.4 Å². The van der Waals surface area contributed by atoms with Gasteiger partial charge in [-0.1, -0.05) is 6.92 Å². The lowest BCUT2D eigenvalue weighted by atomic mass is 9.95. The highest BCUT2D eigenvalue weighted by molar-refractivity contribution is 5.78. The summed E-state index contributed by atoms with van der Waals surface area (Å²) in [6.07, 6.45) is 6.84. The van der Waals surface area contributed by atoms with Crippen molar-refractivity contribution in [1.29, 1.82) is 0 Å². The smallest absolute Gasteiger partial charge is 0.248 e. The molecule has 2 aliphatic heterocycles. The number of ether oxygens (including phenoxy) is 1. The van der Waals surface area contributed by atoms with E-state index in [1.54, 1.807) is 0 Å². The minimum absolute atomic E-state index is 0.0585. The van der Waals surface area contributed by atoms with Crippen molar-refractivity contribution < 1.29 is 13.9 Å². The third kappa shape index (κ3) is 5.42. The van der Waals surface area contributed by atoms with Crippen molar-refractivity contribution in [2.45, 2.75) is 45.1 Å². The first-order valence-corrected chi connectivity index (χ1v) is 11.0. The SMILES string of the molecule is CCc1ncnc(NCC2CN(CC3CCN(CC4CC4)CC3)C(=O)CO2)c1F. The largest absolute Gasteiger partial charge is 0.365 e. The first kappa shape index (κ1) is 20.5. The van der Waals surface area contributed by atoms with E-state index in [-0.39, 0.29) is 24.4 Å². The lowest BCUT2D eigenvalue weighted by Gasteiger charge is -2.38. The molecule has 0 bridgehead atoms. The Kier molecular flexibility index (Phi) is 6.60. The molecular weight excluding hydrogens is 373 g/mol. The van der Waals surface area contributed by atoms with Crippen LogP contribution in [-0.2, 0) is 16.0 Å². The molecule has 1 aliphatic carbocycles. The Morgan fingerprint density at radius 1 is 1.17 bits per heavy atom. The van der Waals surface area contributed by atoms with Crippen molar-refractivity contribution in [2.75, 3.05) is 51.2 Å². The number of nitrogens with one attached hydrogen (secondary N) is 1. The Hall–Kier alpha value is -1.80. The summed E-state index contributed by atoms with van der Waals surface area (Å²) in [4.78, 5) is 24.8. The van der Waals surface area contributed by atoms with Gasteiger partial charge in [0.2, 0.25) is 5.91 Å². The van der Waals surface area contributed by atoms with E-state index >= 15 is 0 Å². The maximum atomic E-state index is 14.3. The van der Waals surface area contributed by atoms with Gasteiger partial charge in [0, 0.05) is 26.2 Å². The van der Waals surface area contributed by atoms with E-state index in [9.17, 15) is 9.18 Å². The zero-order chi connectivity index (χ0) is 20.2. The third-order valence-corrected chi connectivity index (χ3v) is 6.31. The standard InChI is InChI=1S/C21H32FN5O2/c1-2-18-20(22)21(25-14-24-18)23-9-17-12-27(19(28)13-29-17)11-16-5-7-26(8-6-16)10-15-3-4-15/h14-17H,2-13H2,1H3,(H,23,24,25). The summed E-state index contributed by atoms with van der Waals surface area (Å²) in [5.74, 6) is 1.35. The normalized spacial score (nSPS) is 24.1. The predicted molar refractivity (Wildman–Crippen MR) is 108 cm³/mol. The summed E-state index contributed by atoms with van der Waals surface area (Å²) in [6, 6.07) is 0. The first-order valence-electron chi connectivity index (χ1n) is 11.0. The molecule has 3 heterocycles. The van der Waals surface area contributed by atoms with E-state index in [4.69, 9.17) is 4.74 Å². The number of rotatable bonds is 8. The molecule has 1 unspecified atom stereocenters. The van der Waals surface area contributed by atoms with Crippen LogP contribution in [0.2, 0.25) is 0 Å². The van der Waals surface area contributed by atoms with Gasteiger partial charge in [0.25, 0.3) is 0 Å². The fourth-order valence-corrected chi connectivity index (χ4v) is 4.30. The van der Waals surface area contributed by atoms with Crippen molar-refractivity contribution in [3.63, 3.8) is 0 Å². The number of anilines is 1. The molecule has 1 atom stereocenters. The molecule has 1 saturated carbocycles. The van der Waals surface area contributed by atoms with Crippen LogP contribution in [0.3, 0.4) is 0 Å². The van der Waals surface area contributed by atoms with Gasteiger partial charge < -0.3 is 19.9 Å². The van der Waals surface area contributed by atoms with Crippen LogP contribution in [0.15, 0.2) is 6.33 Å². The number of halogens is 1. The molecule has 0 spiro atoms. The minimum atomic E-state index is -0.406. The van der Waals surface area contributed by atoms with Gasteiger partial charge in [0.1, 0.15) is 12.9 Å². The molecule has 2 saturated heterocycles. The average Bonchev–Trinajstić information content (AvgIpc) is 3.55. The van der Waals surface area contributed by atoms with Crippen LogP contribution in [0.4, 0.5) is 10.2 Å². The van der Waals surface area contributed by atoms with E-state index in [1.807, 2.05) is 11.8 Å². The molecule has 29 heavy (non-hydrogen) atoms. The van der Waals surface area contributed by atoms with Crippen LogP contribution >= 0.6 is 0 Å². The van der Waals surface area contributed by atoms with Crippen LogP contribution in [0.25, 0.3) is 0 Å². The molecule has 4 rings (SSSR count). The summed E-state index contributed by atoms with van der Waals surface area (Å²) in [7, 11) is 0. The average molecular weight is 406 g/mol. The Labute approximate surface area is 172 Å². The molecule has 160 valence electrons. The number of amides is 1. The number of likely N-dealkylation sites (tertiary alicyclic amines) is 1. The van der Waals surface area contributed by atoms with E-state index in [0.29, 0.717) is 31.1 Å². The Morgan fingerprint density at radius 3 is 2.66 bits per heavy atom. The number of aromatic nitrogens is 2. The third-order valence-electron chi connectivity index (χ3n) is 6.31. The summed E-state index contributed by atoms with van der Waals surface area (Å²) < 4.78 is 20.0. The number of piperidine rings is 1. The molecule has 0 aromatic carbocycles. The topological polar surface area (TPSA) is 70.6 Å².